The number of carboxylic acids is 1. The quantitative estimate of drug-likeness (QED) is 0.810. The second kappa shape index (κ2) is 3.65. The SMILES string of the molecule is Cn1nc(C2CCCS2)cc1C(=O)O. The Morgan fingerprint density at radius 2 is 2.57 bits per heavy atom. The number of rotatable bonds is 2. The van der Waals surface area contributed by atoms with Crippen LogP contribution in [0.4, 0.5) is 0 Å². The second-order valence-corrected chi connectivity index (χ2v) is 4.70. The minimum Gasteiger partial charge on any atom is -0.477 e. The molecule has 1 fully saturated rings. The molecule has 1 atom stereocenters. The lowest BCUT2D eigenvalue weighted by molar-refractivity contribution is 0.0685. The molecule has 1 aliphatic heterocycles. The minimum absolute atomic E-state index is 0.271. The van der Waals surface area contributed by atoms with E-state index < -0.39 is 5.97 Å². The average molecular weight is 212 g/mol. The zero-order chi connectivity index (χ0) is 10.1. The fraction of sp³-hybridized carbons (Fsp3) is 0.556. The van der Waals surface area contributed by atoms with Gasteiger partial charge in [0.05, 0.1) is 5.69 Å². The molecule has 0 aromatic carbocycles. The molecule has 0 bridgehead atoms. The molecule has 1 aromatic rings. The maximum atomic E-state index is 10.8. The molecule has 76 valence electrons. The van der Waals surface area contributed by atoms with Crippen molar-refractivity contribution < 1.29 is 9.90 Å². The highest BCUT2D eigenvalue weighted by Gasteiger charge is 2.22. The van der Waals surface area contributed by atoms with Gasteiger partial charge >= 0.3 is 5.97 Å². The van der Waals surface area contributed by atoms with Crippen molar-refractivity contribution in [1.29, 1.82) is 0 Å². The van der Waals surface area contributed by atoms with Gasteiger partial charge in [-0.2, -0.15) is 16.9 Å². The topological polar surface area (TPSA) is 55.1 Å². The van der Waals surface area contributed by atoms with Crippen molar-refractivity contribution in [2.24, 2.45) is 7.05 Å². The van der Waals surface area contributed by atoms with E-state index in [-0.39, 0.29) is 5.69 Å². The Kier molecular flexibility index (Phi) is 2.50. The molecule has 2 rings (SSSR count). The third-order valence-electron chi connectivity index (χ3n) is 2.38. The smallest absolute Gasteiger partial charge is 0.354 e. The summed E-state index contributed by atoms with van der Waals surface area (Å²) in [7, 11) is 1.67. The summed E-state index contributed by atoms with van der Waals surface area (Å²) in [5.41, 5.74) is 1.18. The van der Waals surface area contributed by atoms with Crippen LogP contribution in [0.2, 0.25) is 0 Å². The molecular weight excluding hydrogens is 200 g/mol. The molecule has 1 unspecified atom stereocenters. The summed E-state index contributed by atoms with van der Waals surface area (Å²) in [5, 5.41) is 13.5. The number of hydrogen-bond donors (Lipinski definition) is 1. The molecule has 0 amide bonds. The summed E-state index contributed by atoms with van der Waals surface area (Å²) in [6.07, 6.45) is 2.31. The number of aromatic nitrogens is 2. The van der Waals surface area contributed by atoms with Crippen molar-refractivity contribution >= 4 is 17.7 Å². The molecule has 1 N–H and O–H groups in total. The first-order valence-electron chi connectivity index (χ1n) is 4.57. The summed E-state index contributed by atoms with van der Waals surface area (Å²) in [6.45, 7) is 0. The van der Waals surface area contributed by atoms with Crippen molar-refractivity contribution in [3.8, 4) is 0 Å². The second-order valence-electron chi connectivity index (χ2n) is 3.38. The van der Waals surface area contributed by atoms with Gasteiger partial charge in [0.25, 0.3) is 0 Å². The van der Waals surface area contributed by atoms with Crippen molar-refractivity contribution in [3.05, 3.63) is 17.5 Å². The van der Waals surface area contributed by atoms with Crippen molar-refractivity contribution in [3.63, 3.8) is 0 Å². The summed E-state index contributed by atoms with van der Waals surface area (Å²) < 4.78 is 1.44. The van der Waals surface area contributed by atoms with Gasteiger partial charge in [0, 0.05) is 12.3 Å². The molecule has 14 heavy (non-hydrogen) atoms. The van der Waals surface area contributed by atoms with E-state index in [2.05, 4.69) is 5.10 Å². The fourth-order valence-electron chi connectivity index (χ4n) is 1.66. The third kappa shape index (κ3) is 1.64. The predicted octanol–water partition coefficient (Wildman–Crippen LogP) is 1.69. The Morgan fingerprint density at radius 3 is 3.07 bits per heavy atom. The number of aromatic carboxylic acids is 1. The monoisotopic (exact) mass is 212 g/mol. The Balaban J connectivity index is 2.27. The van der Waals surface area contributed by atoms with Crippen molar-refractivity contribution in [1.82, 2.24) is 9.78 Å². The van der Waals surface area contributed by atoms with Crippen LogP contribution >= 0.6 is 11.8 Å². The first-order valence-corrected chi connectivity index (χ1v) is 5.62. The number of carbonyl (C=O) groups is 1. The maximum absolute atomic E-state index is 10.8. The van der Waals surface area contributed by atoms with E-state index in [1.165, 1.54) is 11.1 Å². The normalized spacial score (nSPS) is 21.4. The molecule has 0 radical (unpaired) electrons. The van der Waals surface area contributed by atoms with Crippen molar-refractivity contribution in [2.75, 3.05) is 5.75 Å². The van der Waals surface area contributed by atoms with E-state index >= 15 is 0 Å². The number of carboxylic acid groups (broad SMARTS) is 1. The molecular formula is C9H12N2O2S. The first-order chi connectivity index (χ1) is 6.68. The van der Waals surface area contributed by atoms with Crippen LogP contribution in [0.5, 0.6) is 0 Å². The number of aryl methyl sites for hydroxylation is 1. The molecule has 1 aromatic heterocycles. The molecule has 4 nitrogen and oxygen atoms in total. The standard InChI is InChI=1S/C9H12N2O2S/c1-11-7(9(12)13)5-6(10-11)8-3-2-4-14-8/h5,8H,2-4H2,1H3,(H,12,13). The summed E-state index contributed by atoms with van der Waals surface area (Å²) in [4.78, 5) is 10.8. The molecule has 1 saturated heterocycles. The van der Waals surface area contributed by atoms with Crippen LogP contribution in [0.15, 0.2) is 6.07 Å². The third-order valence-corrected chi connectivity index (χ3v) is 3.78. The number of hydrogen-bond acceptors (Lipinski definition) is 3. The van der Waals surface area contributed by atoms with Gasteiger partial charge in [-0.1, -0.05) is 0 Å². The van der Waals surface area contributed by atoms with Crippen LogP contribution in [-0.2, 0) is 7.05 Å². The highest BCUT2D eigenvalue weighted by molar-refractivity contribution is 7.99. The number of nitrogens with zero attached hydrogens (tertiary/aromatic N) is 2. The van der Waals surface area contributed by atoms with Gasteiger partial charge in [-0.3, -0.25) is 4.68 Å². The zero-order valence-electron chi connectivity index (χ0n) is 7.93. The van der Waals surface area contributed by atoms with Gasteiger partial charge in [-0.05, 0) is 24.7 Å². The van der Waals surface area contributed by atoms with Crippen LogP contribution in [0.1, 0.15) is 34.3 Å². The lowest BCUT2D eigenvalue weighted by Crippen LogP contribution is -2.04. The van der Waals surface area contributed by atoms with Gasteiger partial charge in [0.15, 0.2) is 0 Å². The summed E-state index contributed by atoms with van der Waals surface area (Å²) in [5.74, 6) is 0.248. The Labute approximate surface area is 86.3 Å². The van der Waals surface area contributed by atoms with Crippen molar-refractivity contribution in [2.45, 2.75) is 18.1 Å². The molecule has 1 aliphatic rings. The lowest BCUT2D eigenvalue weighted by Gasteiger charge is -2.01. The Bertz CT molecular complexity index is 356. The predicted molar refractivity (Wildman–Crippen MR) is 54.6 cm³/mol. The van der Waals surface area contributed by atoms with Crippen LogP contribution in [0.25, 0.3) is 0 Å². The van der Waals surface area contributed by atoms with Gasteiger partial charge in [0.1, 0.15) is 5.69 Å². The lowest BCUT2D eigenvalue weighted by atomic mass is 10.2. The van der Waals surface area contributed by atoms with Gasteiger partial charge in [-0.25, -0.2) is 4.79 Å². The maximum Gasteiger partial charge on any atom is 0.354 e. The highest BCUT2D eigenvalue weighted by atomic mass is 32.2. The van der Waals surface area contributed by atoms with Crippen LogP contribution in [0.3, 0.4) is 0 Å². The number of thioether (sulfide) groups is 1. The Hall–Kier alpha value is -0.970. The molecule has 5 heteroatoms. The highest BCUT2D eigenvalue weighted by Crippen LogP contribution is 2.39. The zero-order valence-corrected chi connectivity index (χ0v) is 8.75. The first kappa shape index (κ1) is 9.58. The molecule has 0 spiro atoms. The van der Waals surface area contributed by atoms with Crippen LogP contribution in [0, 0.1) is 0 Å². The van der Waals surface area contributed by atoms with E-state index in [9.17, 15) is 4.79 Å². The van der Waals surface area contributed by atoms with Crippen LogP contribution < -0.4 is 0 Å². The summed E-state index contributed by atoms with van der Waals surface area (Å²) >= 11 is 1.86. The van der Waals surface area contributed by atoms with E-state index in [0.29, 0.717) is 5.25 Å². The minimum atomic E-state index is -0.908. The molecule has 2 heterocycles. The van der Waals surface area contributed by atoms with Crippen LogP contribution in [-0.4, -0.2) is 26.6 Å². The fourth-order valence-corrected chi connectivity index (χ4v) is 2.89. The van der Waals surface area contributed by atoms with Gasteiger partial charge < -0.3 is 5.11 Å². The molecule has 0 saturated carbocycles. The van der Waals surface area contributed by atoms with Gasteiger partial charge in [0.2, 0.25) is 0 Å². The Morgan fingerprint density at radius 1 is 1.79 bits per heavy atom. The van der Waals surface area contributed by atoms with E-state index in [4.69, 9.17) is 5.11 Å². The van der Waals surface area contributed by atoms with E-state index in [0.717, 1.165) is 17.9 Å². The largest absolute Gasteiger partial charge is 0.477 e. The van der Waals surface area contributed by atoms with E-state index in [1.807, 2.05) is 11.8 Å². The average Bonchev–Trinajstić information content (AvgIpc) is 2.70. The molecule has 0 aliphatic carbocycles. The van der Waals surface area contributed by atoms with E-state index in [1.54, 1.807) is 13.1 Å². The summed E-state index contributed by atoms with van der Waals surface area (Å²) in [6, 6.07) is 1.69. The van der Waals surface area contributed by atoms with Gasteiger partial charge in [-0.15, -0.1) is 0 Å².